The second-order valence-corrected chi connectivity index (χ2v) is 9.56. The van der Waals surface area contributed by atoms with E-state index in [1.807, 2.05) is 0 Å². The monoisotopic (exact) mass is 291 g/mol. The van der Waals surface area contributed by atoms with Crippen molar-refractivity contribution in [2.75, 3.05) is 0 Å². The van der Waals surface area contributed by atoms with E-state index in [2.05, 4.69) is 33.0 Å². The molecule has 1 heteroatoms. The smallest absolute Gasteiger partial charge is 0.00723 e. The maximum Gasteiger partial charge on any atom is 0.00723 e. The lowest BCUT2D eigenvalue weighted by Crippen LogP contribution is -2.42. The van der Waals surface area contributed by atoms with E-state index in [4.69, 9.17) is 0 Å². The fourth-order valence-electron chi connectivity index (χ4n) is 5.74. The van der Waals surface area contributed by atoms with Crippen LogP contribution < -0.4 is 5.32 Å². The van der Waals surface area contributed by atoms with Crippen LogP contribution in [-0.4, -0.2) is 12.1 Å². The van der Waals surface area contributed by atoms with Crippen molar-refractivity contribution >= 4 is 0 Å². The van der Waals surface area contributed by atoms with E-state index in [0.717, 1.165) is 35.8 Å². The summed E-state index contributed by atoms with van der Waals surface area (Å²) in [6.45, 7) is 9.79. The second kappa shape index (κ2) is 6.22. The lowest BCUT2D eigenvalue weighted by molar-refractivity contribution is 0.209. The van der Waals surface area contributed by atoms with Gasteiger partial charge in [0.25, 0.3) is 0 Å². The van der Waals surface area contributed by atoms with E-state index < -0.39 is 0 Å². The molecule has 1 nitrogen and oxygen atoms in total. The predicted octanol–water partition coefficient (Wildman–Crippen LogP) is 5.40. The molecule has 1 N–H and O–H groups in total. The Hall–Kier alpha value is -0.0400. The first kappa shape index (κ1) is 15.8. The molecular weight excluding hydrogens is 254 g/mol. The standard InChI is InChI=1S/C20H37N/c1-14(19-13-15-8-9-16(19)12-15)21-18-7-5-6-17(10-11-18)20(2,3)4/h14-19,21H,5-13H2,1-4H3. The molecule has 0 amide bonds. The third-order valence-corrected chi connectivity index (χ3v) is 7.13. The molecule has 0 radical (unpaired) electrons. The molecule has 0 aromatic rings. The molecule has 2 bridgehead atoms. The van der Waals surface area contributed by atoms with Crippen molar-refractivity contribution in [3.63, 3.8) is 0 Å². The molecule has 0 spiro atoms. The average Bonchev–Trinajstić information content (AvgIpc) is 2.95. The van der Waals surface area contributed by atoms with Gasteiger partial charge < -0.3 is 5.32 Å². The number of fused-ring (bicyclic) bond motifs is 2. The van der Waals surface area contributed by atoms with Gasteiger partial charge in [-0.15, -0.1) is 0 Å². The van der Waals surface area contributed by atoms with Crippen LogP contribution in [0.15, 0.2) is 0 Å². The van der Waals surface area contributed by atoms with Gasteiger partial charge in [-0.2, -0.15) is 0 Å². The van der Waals surface area contributed by atoms with Crippen molar-refractivity contribution in [1.29, 1.82) is 0 Å². The fraction of sp³-hybridized carbons (Fsp3) is 1.00. The quantitative estimate of drug-likeness (QED) is 0.687. The van der Waals surface area contributed by atoms with E-state index >= 15 is 0 Å². The minimum Gasteiger partial charge on any atom is -0.311 e. The molecule has 0 aromatic carbocycles. The maximum absolute atomic E-state index is 4.06. The zero-order valence-corrected chi connectivity index (χ0v) is 14.8. The van der Waals surface area contributed by atoms with E-state index in [1.165, 1.54) is 51.4 Å². The Labute approximate surface area is 132 Å². The summed E-state index contributed by atoms with van der Waals surface area (Å²) in [4.78, 5) is 0. The summed E-state index contributed by atoms with van der Waals surface area (Å²) in [7, 11) is 0. The zero-order chi connectivity index (χ0) is 15.0. The molecule has 122 valence electrons. The topological polar surface area (TPSA) is 12.0 Å². The van der Waals surface area contributed by atoms with Crippen molar-refractivity contribution in [3.05, 3.63) is 0 Å². The van der Waals surface area contributed by atoms with Crippen molar-refractivity contribution in [3.8, 4) is 0 Å². The van der Waals surface area contributed by atoms with E-state index in [0.29, 0.717) is 5.41 Å². The van der Waals surface area contributed by atoms with Gasteiger partial charge in [0.1, 0.15) is 0 Å². The third kappa shape index (κ3) is 3.66. The first-order chi connectivity index (χ1) is 9.93. The average molecular weight is 292 g/mol. The normalized spacial score (nSPS) is 42.0. The van der Waals surface area contributed by atoms with Crippen molar-refractivity contribution in [2.45, 2.75) is 97.6 Å². The van der Waals surface area contributed by atoms with Crippen LogP contribution >= 0.6 is 0 Å². The summed E-state index contributed by atoms with van der Waals surface area (Å²) < 4.78 is 0. The summed E-state index contributed by atoms with van der Waals surface area (Å²) in [5.41, 5.74) is 0.505. The van der Waals surface area contributed by atoms with Crippen LogP contribution in [0.5, 0.6) is 0 Å². The summed E-state index contributed by atoms with van der Waals surface area (Å²) in [6.07, 6.45) is 13.3. The van der Waals surface area contributed by atoms with Crippen molar-refractivity contribution < 1.29 is 0 Å². The molecule has 3 saturated carbocycles. The number of rotatable bonds is 3. The minimum absolute atomic E-state index is 0.505. The van der Waals surface area contributed by atoms with Gasteiger partial charge in [-0.1, -0.05) is 33.6 Å². The Morgan fingerprint density at radius 1 is 0.905 bits per heavy atom. The fourth-order valence-corrected chi connectivity index (χ4v) is 5.74. The van der Waals surface area contributed by atoms with Gasteiger partial charge >= 0.3 is 0 Å². The summed E-state index contributed by atoms with van der Waals surface area (Å²) in [5.74, 6) is 4.07. The molecule has 0 heterocycles. The molecule has 3 fully saturated rings. The van der Waals surface area contributed by atoms with Crippen LogP contribution in [0.4, 0.5) is 0 Å². The third-order valence-electron chi connectivity index (χ3n) is 7.13. The maximum atomic E-state index is 4.06. The molecular formula is C20H37N. The van der Waals surface area contributed by atoms with Crippen LogP contribution in [0, 0.1) is 29.1 Å². The van der Waals surface area contributed by atoms with E-state index in [-0.39, 0.29) is 0 Å². The van der Waals surface area contributed by atoms with Crippen LogP contribution in [0.25, 0.3) is 0 Å². The molecule has 3 rings (SSSR count). The van der Waals surface area contributed by atoms with Crippen LogP contribution in [0.1, 0.15) is 85.5 Å². The van der Waals surface area contributed by atoms with Crippen LogP contribution in [0.2, 0.25) is 0 Å². The molecule has 0 aromatic heterocycles. The number of nitrogens with one attached hydrogen (secondary N) is 1. The molecule has 0 aliphatic heterocycles. The highest BCUT2D eigenvalue weighted by atomic mass is 15.0. The SMILES string of the molecule is CC(NC1CCCC(C(C)(C)C)CC1)C1CC2CCC1C2. The highest BCUT2D eigenvalue weighted by Crippen LogP contribution is 2.49. The minimum atomic E-state index is 0.505. The van der Waals surface area contributed by atoms with Gasteiger partial charge in [-0.05, 0) is 81.0 Å². The Morgan fingerprint density at radius 3 is 2.33 bits per heavy atom. The van der Waals surface area contributed by atoms with Crippen LogP contribution in [0.3, 0.4) is 0 Å². The van der Waals surface area contributed by atoms with Gasteiger partial charge in [0.2, 0.25) is 0 Å². The van der Waals surface area contributed by atoms with Crippen molar-refractivity contribution in [1.82, 2.24) is 5.32 Å². The van der Waals surface area contributed by atoms with Crippen LogP contribution in [-0.2, 0) is 0 Å². The first-order valence-corrected chi connectivity index (χ1v) is 9.69. The highest BCUT2D eigenvalue weighted by molar-refractivity contribution is 4.95. The molecule has 3 aliphatic carbocycles. The number of hydrogen-bond acceptors (Lipinski definition) is 1. The Kier molecular flexibility index (Phi) is 4.69. The summed E-state index contributed by atoms with van der Waals surface area (Å²) in [6, 6.07) is 1.56. The summed E-state index contributed by atoms with van der Waals surface area (Å²) in [5, 5.41) is 4.06. The highest BCUT2D eigenvalue weighted by Gasteiger charge is 2.42. The summed E-state index contributed by atoms with van der Waals surface area (Å²) >= 11 is 0. The molecule has 3 aliphatic rings. The van der Waals surface area contributed by atoms with Gasteiger partial charge in [-0.3, -0.25) is 0 Å². The molecule has 0 saturated heterocycles. The second-order valence-electron chi connectivity index (χ2n) is 9.56. The lowest BCUT2D eigenvalue weighted by atomic mass is 9.76. The van der Waals surface area contributed by atoms with Gasteiger partial charge in [0, 0.05) is 12.1 Å². The Morgan fingerprint density at radius 2 is 1.71 bits per heavy atom. The predicted molar refractivity (Wildman–Crippen MR) is 91.4 cm³/mol. The van der Waals surface area contributed by atoms with Crippen molar-refractivity contribution in [2.24, 2.45) is 29.1 Å². The van der Waals surface area contributed by atoms with Gasteiger partial charge in [-0.25, -0.2) is 0 Å². The lowest BCUT2D eigenvalue weighted by Gasteiger charge is -2.32. The largest absolute Gasteiger partial charge is 0.311 e. The molecule has 21 heavy (non-hydrogen) atoms. The molecule has 6 atom stereocenters. The Bertz CT molecular complexity index is 342. The molecule has 6 unspecified atom stereocenters. The van der Waals surface area contributed by atoms with Gasteiger partial charge in [0.05, 0.1) is 0 Å². The number of hydrogen-bond donors (Lipinski definition) is 1. The van der Waals surface area contributed by atoms with E-state index in [9.17, 15) is 0 Å². The van der Waals surface area contributed by atoms with E-state index in [1.54, 1.807) is 6.42 Å². The first-order valence-electron chi connectivity index (χ1n) is 9.69. The Balaban J connectivity index is 1.49. The van der Waals surface area contributed by atoms with Gasteiger partial charge in [0.15, 0.2) is 0 Å². The zero-order valence-electron chi connectivity index (χ0n) is 14.8.